The number of carbonyl (C=O) groups is 2. The highest BCUT2D eigenvalue weighted by molar-refractivity contribution is 6.11. The van der Waals surface area contributed by atoms with Crippen molar-refractivity contribution in [1.29, 1.82) is 0 Å². The van der Waals surface area contributed by atoms with Gasteiger partial charge in [0.15, 0.2) is 11.6 Å². The zero-order valence-electron chi connectivity index (χ0n) is 12.5. The predicted octanol–water partition coefficient (Wildman–Crippen LogP) is 4.01. The Morgan fingerprint density at radius 2 is 1.05 bits per heavy atom. The molecule has 0 spiro atoms. The standard InChI is InChI=1S/C18H20O2/c1-5-13-9-15(7-11(3)17(13)19)16-8-12(4)18(20)14(6-2)10-16/h7-10H,5-6H2,1-4H3. The van der Waals surface area contributed by atoms with Crippen molar-refractivity contribution in [3.63, 3.8) is 0 Å². The second kappa shape index (κ2) is 5.58. The summed E-state index contributed by atoms with van der Waals surface area (Å²) in [5, 5.41) is 0. The number of rotatable bonds is 2. The number of Topliss-reactive ketones (excluding diaryl/α,β-unsaturated/α-hetero) is 2. The molecule has 0 N–H and O–H groups in total. The molecule has 2 nitrogen and oxygen atoms in total. The molecular formula is C18H20O2. The topological polar surface area (TPSA) is 34.1 Å². The number of allylic oxidation sites excluding steroid dienone is 10. The van der Waals surface area contributed by atoms with Crippen LogP contribution in [0.25, 0.3) is 0 Å². The minimum atomic E-state index is 0.129. The normalized spacial score (nSPS) is 23.2. The quantitative estimate of drug-likeness (QED) is 0.758. The molecule has 104 valence electrons. The van der Waals surface area contributed by atoms with Crippen molar-refractivity contribution >= 4 is 11.6 Å². The van der Waals surface area contributed by atoms with Crippen molar-refractivity contribution in [2.24, 2.45) is 0 Å². The highest BCUT2D eigenvalue weighted by Gasteiger charge is 2.20. The third-order valence-corrected chi connectivity index (χ3v) is 3.80. The molecule has 20 heavy (non-hydrogen) atoms. The molecule has 2 aliphatic carbocycles. The Bertz CT molecular complexity index is 578. The largest absolute Gasteiger partial charge is 0.289 e. The monoisotopic (exact) mass is 268 g/mol. The smallest absolute Gasteiger partial charge is 0.184 e. The van der Waals surface area contributed by atoms with Crippen LogP contribution in [0.2, 0.25) is 0 Å². The summed E-state index contributed by atoms with van der Waals surface area (Å²) in [6, 6.07) is 0. The van der Waals surface area contributed by atoms with E-state index >= 15 is 0 Å². The summed E-state index contributed by atoms with van der Waals surface area (Å²) in [4.78, 5) is 24.0. The van der Waals surface area contributed by atoms with Crippen LogP contribution in [0.1, 0.15) is 40.5 Å². The molecule has 0 aromatic carbocycles. The average Bonchev–Trinajstić information content (AvgIpc) is 2.44. The van der Waals surface area contributed by atoms with E-state index in [2.05, 4.69) is 0 Å². The summed E-state index contributed by atoms with van der Waals surface area (Å²) in [6.45, 7) is 7.67. The van der Waals surface area contributed by atoms with E-state index in [4.69, 9.17) is 0 Å². The minimum Gasteiger partial charge on any atom is -0.289 e. The Morgan fingerprint density at radius 1 is 0.700 bits per heavy atom. The van der Waals surface area contributed by atoms with Crippen LogP contribution in [0.15, 0.2) is 57.7 Å². The number of hydrogen-bond acceptors (Lipinski definition) is 2. The Balaban J connectivity index is 2.58. The van der Waals surface area contributed by atoms with Crippen molar-refractivity contribution in [3.05, 3.63) is 57.7 Å². The molecule has 0 unspecified atom stereocenters. The van der Waals surface area contributed by atoms with Gasteiger partial charge in [0.25, 0.3) is 0 Å². The third kappa shape index (κ3) is 2.51. The van der Waals surface area contributed by atoms with E-state index < -0.39 is 0 Å². The maximum Gasteiger partial charge on any atom is 0.184 e. The lowest BCUT2D eigenvalue weighted by Crippen LogP contribution is -2.11. The molecule has 0 aliphatic heterocycles. The minimum absolute atomic E-state index is 0.129. The lowest BCUT2D eigenvalue weighted by atomic mass is 9.86. The Hall–Kier alpha value is -1.96. The summed E-state index contributed by atoms with van der Waals surface area (Å²) in [5.74, 6) is 0.258. The fourth-order valence-electron chi connectivity index (χ4n) is 2.55. The molecular weight excluding hydrogens is 248 g/mol. The van der Waals surface area contributed by atoms with Gasteiger partial charge in [-0.15, -0.1) is 0 Å². The van der Waals surface area contributed by atoms with Gasteiger partial charge in [0.05, 0.1) is 0 Å². The summed E-state index contributed by atoms with van der Waals surface area (Å²) < 4.78 is 0. The van der Waals surface area contributed by atoms with Crippen LogP contribution in [-0.4, -0.2) is 11.6 Å². The van der Waals surface area contributed by atoms with E-state index in [9.17, 15) is 9.59 Å². The summed E-state index contributed by atoms with van der Waals surface area (Å²) in [6.07, 6.45) is 9.20. The maximum atomic E-state index is 12.0. The molecule has 0 radical (unpaired) electrons. The Kier molecular flexibility index (Phi) is 4.03. The predicted molar refractivity (Wildman–Crippen MR) is 81.3 cm³/mol. The van der Waals surface area contributed by atoms with Gasteiger partial charge < -0.3 is 0 Å². The second-order valence-corrected chi connectivity index (χ2v) is 5.27. The van der Waals surface area contributed by atoms with Crippen molar-refractivity contribution in [3.8, 4) is 0 Å². The van der Waals surface area contributed by atoms with Gasteiger partial charge in [0, 0.05) is 11.1 Å². The zero-order chi connectivity index (χ0) is 14.9. The fourth-order valence-corrected chi connectivity index (χ4v) is 2.55. The van der Waals surface area contributed by atoms with Gasteiger partial charge in [0.1, 0.15) is 0 Å². The summed E-state index contributed by atoms with van der Waals surface area (Å²) in [7, 11) is 0. The third-order valence-electron chi connectivity index (χ3n) is 3.80. The highest BCUT2D eigenvalue weighted by Crippen LogP contribution is 2.28. The summed E-state index contributed by atoms with van der Waals surface area (Å²) >= 11 is 0. The van der Waals surface area contributed by atoms with Crippen molar-refractivity contribution in [1.82, 2.24) is 0 Å². The van der Waals surface area contributed by atoms with Gasteiger partial charge in [0.2, 0.25) is 0 Å². The van der Waals surface area contributed by atoms with E-state index in [1.165, 1.54) is 0 Å². The van der Waals surface area contributed by atoms with Crippen LogP contribution < -0.4 is 0 Å². The number of ketones is 2. The molecule has 0 amide bonds. The molecule has 0 saturated carbocycles. The van der Waals surface area contributed by atoms with Crippen LogP contribution in [-0.2, 0) is 9.59 Å². The SMILES string of the molecule is CCC1=CC(=C2C=C(C)C(=O)C(CC)=C2)C=C(C)C1=O. The zero-order valence-corrected chi connectivity index (χ0v) is 12.5. The molecule has 0 heterocycles. The molecule has 0 aromatic rings. The molecule has 0 saturated heterocycles. The molecule has 0 atom stereocenters. The van der Waals surface area contributed by atoms with Crippen molar-refractivity contribution in [2.75, 3.05) is 0 Å². The van der Waals surface area contributed by atoms with Crippen LogP contribution in [0.4, 0.5) is 0 Å². The van der Waals surface area contributed by atoms with Gasteiger partial charge in [-0.1, -0.05) is 13.8 Å². The van der Waals surface area contributed by atoms with E-state index in [0.717, 1.165) is 46.3 Å². The number of carbonyl (C=O) groups excluding carboxylic acids is 2. The van der Waals surface area contributed by atoms with Gasteiger partial charge in [-0.3, -0.25) is 9.59 Å². The highest BCUT2D eigenvalue weighted by atomic mass is 16.1. The van der Waals surface area contributed by atoms with Gasteiger partial charge in [-0.2, -0.15) is 0 Å². The van der Waals surface area contributed by atoms with Crippen molar-refractivity contribution < 1.29 is 9.59 Å². The molecule has 0 aromatic heterocycles. The van der Waals surface area contributed by atoms with Gasteiger partial charge in [-0.25, -0.2) is 0 Å². The summed E-state index contributed by atoms with van der Waals surface area (Å²) in [5.41, 5.74) is 5.25. The van der Waals surface area contributed by atoms with E-state index in [0.29, 0.717) is 0 Å². The first-order valence-corrected chi connectivity index (χ1v) is 7.09. The van der Waals surface area contributed by atoms with E-state index in [-0.39, 0.29) is 11.6 Å². The fraction of sp³-hybridized carbons (Fsp3) is 0.333. The molecule has 2 aliphatic rings. The molecule has 0 fully saturated rings. The van der Waals surface area contributed by atoms with E-state index in [1.54, 1.807) is 0 Å². The Labute approximate surface area is 120 Å². The lowest BCUT2D eigenvalue weighted by Gasteiger charge is -2.17. The van der Waals surface area contributed by atoms with Crippen molar-refractivity contribution in [2.45, 2.75) is 40.5 Å². The van der Waals surface area contributed by atoms with Crippen LogP contribution in [0.5, 0.6) is 0 Å². The second-order valence-electron chi connectivity index (χ2n) is 5.27. The van der Waals surface area contributed by atoms with E-state index in [1.807, 2.05) is 52.0 Å². The molecule has 2 rings (SSSR count). The maximum absolute atomic E-state index is 12.0. The molecule has 0 bridgehead atoms. The molecule has 2 heteroatoms. The Morgan fingerprint density at radius 3 is 1.35 bits per heavy atom. The first kappa shape index (κ1) is 14.4. The van der Waals surface area contributed by atoms with Gasteiger partial charge in [-0.05, 0) is 73.3 Å². The first-order chi connectivity index (χ1) is 9.47. The average molecular weight is 268 g/mol. The van der Waals surface area contributed by atoms with Crippen LogP contribution in [0.3, 0.4) is 0 Å². The van der Waals surface area contributed by atoms with Crippen LogP contribution in [0, 0.1) is 0 Å². The van der Waals surface area contributed by atoms with Crippen LogP contribution >= 0.6 is 0 Å². The van der Waals surface area contributed by atoms with Gasteiger partial charge >= 0.3 is 0 Å². The lowest BCUT2D eigenvalue weighted by molar-refractivity contribution is -0.113. The first-order valence-electron chi connectivity index (χ1n) is 7.09. The number of hydrogen-bond donors (Lipinski definition) is 0.